The van der Waals surface area contributed by atoms with Crippen molar-refractivity contribution < 1.29 is 23.1 Å². The van der Waals surface area contributed by atoms with Gasteiger partial charge in [-0.05, 0) is 12.8 Å². The summed E-state index contributed by atoms with van der Waals surface area (Å²) in [6.45, 7) is 2.84. The fraction of sp³-hybridized carbons (Fsp3) is 0.833. The van der Waals surface area contributed by atoms with Crippen molar-refractivity contribution in [3.63, 3.8) is 0 Å². The zero-order chi connectivity index (χ0) is 15.0. The molecule has 0 aromatic carbocycles. The predicted molar refractivity (Wildman–Crippen MR) is 72.2 cm³/mol. The van der Waals surface area contributed by atoms with Crippen LogP contribution in [0.2, 0.25) is 0 Å². The van der Waals surface area contributed by atoms with Crippen LogP contribution >= 0.6 is 0 Å². The Morgan fingerprint density at radius 1 is 1.15 bits per heavy atom. The molecule has 2 aliphatic rings. The molecule has 20 heavy (non-hydrogen) atoms. The molecule has 1 unspecified atom stereocenters. The minimum atomic E-state index is -3.02. The molecule has 2 saturated heterocycles. The highest BCUT2D eigenvalue weighted by atomic mass is 32.2. The first-order valence-electron chi connectivity index (χ1n) is 6.77. The topological polar surface area (TPSA) is 95.0 Å². The Bertz CT molecular complexity index is 504. The molecule has 0 radical (unpaired) electrons. The summed E-state index contributed by atoms with van der Waals surface area (Å²) in [5, 5.41) is 9.31. The number of carbonyl (C=O) groups excluding carboxylic acids is 1. The third-order valence-corrected chi connectivity index (χ3v) is 5.98. The van der Waals surface area contributed by atoms with Gasteiger partial charge in [-0.1, -0.05) is 6.92 Å². The number of rotatable bonds is 2. The van der Waals surface area contributed by atoms with Crippen LogP contribution in [0.4, 0.5) is 4.79 Å². The molecule has 8 heteroatoms. The lowest BCUT2D eigenvalue weighted by Gasteiger charge is -2.31. The molecule has 0 aliphatic carbocycles. The molecule has 2 rings (SSSR count). The molecule has 0 spiro atoms. The molecule has 114 valence electrons. The van der Waals surface area contributed by atoms with Crippen LogP contribution in [0, 0.1) is 5.41 Å². The van der Waals surface area contributed by atoms with Crippen LogP contribution in [-0.2, 0) is 14.6 Å². The average molecular weight is 304 g/mol. The molecule has 2 amide bonds. The standard InChI is InChI=1S/C12H20N2O5S/c1-2-12(10(15)16)3-4-14(9-12)11(17)13-5-7-20(18,19)8-6-13/h2-9H2,1H3,(H,15,16). The highest BCUT2D eigenvalue weighted by molar-refractivity contribution is 7.91. The van der Waals surface area contributed by atoms with E-state index in [1.807, 2.05) is 6.92 Å². The van der Waals surface area contributed by atoms with E-state index in [1.165, 1.54) is 9.80 Å². The third-order valence-electron chi connectivity index (χ3n) is 4.37. The molecular weight excluding hydrogens is 284 g/mol. The van der Waals surface area contributed by atoms with Gasteiger partial charge in [-0.25, -0.2) is 13.2 Å². The van der Waals surface area contributed by atoms with Crippen LogP contribution in [0.3, 0.4) is 0 Å². The molecule has 7 nitrogen and oxygen atoms in total. The van der Waals surface area contributed by atoms with Crippen LogP contribution in [0.1, 0.15) is 19.8 Å². The van der Waals surface area contributed by atoms with E-state index in [2.05, 4.69) is 0 Å². The van der Waals surface area contributed by atoms with Crippen molar-refractivity contribution in [1.29, 1.82) is 0 Å². The Morgan fingerprint density at radius 2 is 1.75 bits per heavy atom. The van der Waals surface area contributed by atoms with E-state index in [9.17, 15) is 23.1 Å². The Hall–Kier alpha value is -1.31. The lowest BCUT2D eigenvalue weighted by Crippen LogP contribution is -2.50. The minimum absolute atomic E-state index is 0.00949. The molecular formula is C12H20N2O5S. The van der Waals surface area contributed by atoms with Crippen LogP contribution < -0.4 is 0 Å². The van der Waals surface area contributed by atoms with Crippen molar-refractivity contribution in [1.82, 2.24) is 9.80 Å². The summed E-state index contributed by atoms with van der Waals surface area (Å²) in [4.78, 5) is 26.7. The maximum atomic E-state index is 12.3. The predicted octanol–water partition coefficient (Wildman–Crippen LogP) is 0.0235. The van der Waals surface area contributed by atoms with Gasteiger partial charge in [-0.2, -0.15) is 0 Å². The third kappa shape index (κ3) is 2.74. The van der Waals surface area contributed by atoms with E-state index in [1.54, 1.807) is 0 Å². The molecule has 1 N–H and O–H groups in total. The molecule has 1 atom stereocenters. The number of hydrogen-bond donors (Lipinski definition) is 1. The van der Waals surface area contributed by atoms with Crippen molar-refractivity contribution in [2.75, 3.05) is 37.7 Å². The maximum Gasteiger partial charge on any atom is 0.320 e. The Morgan fingerprint density at radius 3 is 2.20 bits per heavy atom. The van der Waals surface area contributed by atoms with Crippen molar-refractivity contribution >= 4 is 21.8 Å². The smallest absolute Gasteiger partial charge is 0.320 e. The van der Waals surface area contributed by atoms with Gasteiger partial charge in [0.1, 0.15) is 0 Å². The number of urea groups is 1. The fourth-order valence-corrected chi connectivity index (χ4v) is 3.96. The number of hydrogen-bond acceptors (Lipinski definition) is 4. The number of sulfone groups is 1. The Labute approximate surface area is 118 Å². The number of carboxylic acids is 1. The Kier molecular flexibility index (Phi) is 3.95. The number of carboxylic acid groups (broad SMARTS) is 1. The monoisotopic (exact) mass is 304 g/mol. The number of likely N-dealkylation sites (tertiary alicyclic amines) is 1. The van der Waals surface area contributed by atoms with Gasteiger partial charge in [0.2, 0.25) is 0 Å². The van der Waals surface area contributed by atoms with E-state index in [0.29, 0.717) is 19.4 Å². The zero-order valence-electron chi connectivity index (χ0n) is 11.5. The molecule has 2 heterocycles. The van der Waals surface area contributed by atoms with Gasteiger partial charge >= 0.3 is 12.0 Å². The van der Waals surface area contributed by atoms with Crippen molar-refractivity contribution in [2.45, 2.75) is 19.8 Å². The van der Waals surface area contributed by atoms with Crippen LogP contribution in [0.25, 0.3) is 0 Å². The zero-order valence-corrected chi connectivity index (χ0v) is 12.4. The van der Waals surface area contributed by atoms with Gasteiger partial charge < -0.3 is 14.9 Å². The lowest BCUT2D eigenvalue weighted by molar-refractivity contribution is -0.148. The van der Waals surface area contributed by atoms with Gasteiger partial charge in [0, 0.05) is 26.2 Å². The second kappa shape index (κ2) is 5.23. The SMILES string of the molecule is CCC1(C(=O)O)CCN(C(=O)N2CCS(=O)(=O)CC2)C1. The van der Waals surface area contributed by atoms with Crippen LogP contribution in [0.5, 0.6) is 0 Å². The summed E-state index contributed by atoms with van der Waals surface area (Å²) in [7, 11) is -3.02. The maximum absolute atomic E-state index is 12.3. The van der Waals surface area contributed by atoms with Gasteiger partial charge in [-0.3, -0.25) is 4.79 Å². The first-order chi connectivity index (χ1) is 9.30. The number of carbonyl (C=O) groups is 2. The molecule has 2 aliphatic heterocycles. The largest absolute Gasteiger partial charge is 0.481 e. The summed E-state index contributed by atoms with van der Waals surface area (Å²) in [5.41, 5.74) is -0.850. The number of aliphatic carboxylic acids is 1. The minimum Gasteiger partial charge on any atom is -0.481 e. The average Bonchev–Trinajstić information content (AvgIpc) is 2.83. The van der Waals surface area contributed by atoms with Gasteiger partial charge in [-0.15, -0.1) is 0 Å². The number of amides is 2. The first kappa shape index (κ1) is 15.1. The number of nitrogens with zero attached hydrogens (tertiary/aromatic N) is 2. The van der Waals surface area contributed by atoms with E-state index < -0.39 is 21.2 Å². The summed E-state index contributed by atoms with van der Waals surface area (Å²) >= 11 is 0. The van der Waals surface area contributed by atoms with E-state index >= 15 is 0 Å². The van der Waals surface area contributed by atoms with Crippen molar-refractivity contribution in [2.24, 2.45) is 5.41 Å². The van der Waals surface area contributed by atoms with Gasteiger partial charge in [0.05, 0.1) is 16.9 Å². The summed E-state index contributed by atoms with van der Waals surface area (Å²) in [6, 6.07) is -0.239. The van der Waals surface area contributed by atoms with Crippen molar-refractivity contribution in [3.8, 4) is 0 Å². The normalized spacial score (nSPS) is 29.4. The highest BCUT2D eigenvalue weighted by Gasteiger charge is 2.45. The first-order valence-corrected chi connectivity index (χ1v) is 8.59. The Balaban J connectivity index is 2.00. The molecule has 2 fully saturated rings. The second-order valence-corrected chi connectivity index (χ2v) is 7.84. The lowest BCUT2D eigenvalue weighted by atomic mass is 9.84. The summed E-state index contributed by atoms with van der Waals surface area (Å²) in [6.07, 6.45) is 0.942. The molecule has 0 aromatic rings. The van der Waals surface area contributed by atoms with Crippen LogP contribution in [-0.4, -0.2) is 73.0 Å². The fourth-order valence-electron chi connectivity index (χ4n) is 2.75. The van der Waals surface area contributed by atoms with Crippen LogP contribution in [0.15, 0.2) is 0 Å². The van der Waals surface area contributed by atoms with Gasteiger partial charge in [0.15, 0.2) is 9.84 Å². The van der Waals surface area contributed by atoms with E-state index in [4.69, 9.17) is 0 Å². The van der Waals surface area contributed by atoms with Crippen molar-refractivity contribution in [3.05, 3.63) is 0 Å². The van der Waals surface area contributed by atoms with Gasteiger partial charge in [0.25, 0.3) is 0 Å². The highest BCUT2D eigenvalue weighted by Crippen LogP contribution is 2.34. The molecule has 0 saturated carbocycles. The summed E-state index contributed by atoms with van der Waals surface area (Å²) in [5.74, 6) is -0.883. The van der Waals surface area contributed by atoms with E-state index in [0.717, 1.165) is 0 Å². The molecule has 0 bridgehead atoms. The summed E-state index contributed by atoms with van der Waals surface area (Å²) < 4.78 is 22.7. The van der Waals surface area contributed by atoms with E-state index in [-0.39, 0.29) is 37.2 Å². The second-order valence-electron chi connectivity index (χ2n) is 5.53. The quantitative estimate of drug-likeness (QED) is 0.776. The molecule has 0 aromatic heterocycles.